The van der Waals surface area contributed by atoms with Crippen molar-refractivity contribution < 1.29 is 22.7 Å². The first-order chi connectivity index (χ1) is 13.7. The highest BCUT2D eigenvalue weighted by molar-refractivity contribution is 7.90. The van der Waals surface area contributed by atoms with Crippen molar-refractivity contribution in [2.24, 2.45) is 0 Å². The molecule has 1 atom stereocenters. The van der Waals surface area contributed by atoms with Crippen molar-refractivity contribution in [3.05, 3.63) is 40.3 Å². The number of carbonyl (C=O) groups excluding carboxylic acids is 1. The zero-order valence-corrected chi connectivity index (χ0v) is 18.7. The van der Waals surface area contributed by atoms with Gasteiger partial charge in [0.05, 0.1) is 24.5 Å². The number of amides is 1. The number of methoxy groups -OCH3 is 1. The normalized spacial score (nSPS) is 15.0. The van der Waals surface area contributed by atoms with Crippen LogP contribution in [0.4, 0.5) is 5.00 Å². The van der Waals surface area contributed by atoms with Gasteiger partial charge in [-0.1, -0.05) is 6.07 Å². The molecular formula is C20H26N2O5S2. The zero-order valence-electron chi connectivity index (χ0n) is 17.0. The number of sulfone groups is 1. The third-order valence-electron chi connectivity index (χ3n) is 4.78. The van der Waals surface area contributed by atoms with Crippen molar-refractivity contribution in [3.63, 3.8) is 0 Å². The van der Waals surface area contributed by atoms with E-state index in [-0.39, 0.29) is 17.7 Å². The molecule has 2 heterocycles. The van der Waals surface area contributed by atoms with Gasteiger partial charge in [0.1, 0.15) is 9.84 Å². The maximum absolute atomic E-state index is 12.2. The number of rotatable bonds is 8. The van der Waals surface area contributed by atoms with Gasteiger partial charge in [-0.2, -0.15) is 0 Å². The third-order valence-corrected chi connectivity index (χ3v) is 6.69. The first kappa shape index (κ1) is 21.6. The largest absolute Gasteiger partial charge is 0.493 e. The van der Waals surface area contributed by atoms with Gasteiger partial charge in [0, 0.05) is 37.9 Å². The van der Waals surface area contributed by atoms with Crippen LogP contribution in [-0.4, -0.2) is 45.0 Å². The van der Waals surface area contributed by atoms with E-state index in [9.17, 15) is 13.2 Å². The molecule has 0 spiro atoms. The second-order valence-electron chi connectivity index (χ2n) is 7.11. The number of hydrogen-bond acceptors (Lipinski definition) is 7. The molecule has 1 amide bonds. The number of benzene rings is 1. The molecule has 1 aliphatic heterocycles. The molecule has 7 nitrogen and oxygen atoms in total. The van der Waals surface area contributed by atoms with Gasteiger partial charge in [-0.05, 0) is 35.6 Å². The Labute approximate surface area is 175 Å². The quantitative estimate of drug-likeness (QED) is 0.681. The molecule has 158 valence electrons. The first-order valence-electron chi connectivity index (χ1n) is 9.31. The predicted octanol–water partition coefficient (Wildman–Crippen LogP) is 3.22. The van der Waals surface area contributed by atoms with Crippen molar-refractivity contribution in [3.8, 4) is 11.5 Å². The lowest BCUT2D eigenvalue weighted by atomic mass is 10.1. The van der Waals surface area contributed by atoms with Gasteiger partial charge in [-0.15, -0.1) is 11.3 Å². The minimum Gasteiger partial charge on any atom is -0.493 e. The first-order valence-corrected chi connectivity index (χ1v) is 12.2. The topological polar surface area (TPSA) is 84.9 Å². The monoisotopic (exact) mass is 438 g/mol. The zero-order chi connectivity index (χ0) is 21.2. The highest BCUT2D eigenvalue weighted by Gasteiger charge is 2.32. The highest BCUT2D eigenvalue weighted by Crippen LogP contribution is 2.40. The molecule has 0 aliphatic carbocycles. The standard InChI is InChI=1S/C20H26N2O5S2/c1-5-27-19-8-14(6-7-18(19)26-3)17(12-29(4,24)25)22-9-15-11-28-20(16(15)10-22)21-13(2)23/h6-8,11,17H,5,9-10,12H2,1-4H3,(H,21,23)/t17-/m1/s1. The summed E-state index contributed by atoms with van der Waals surface area (Å²) in [5, 5.41) is 5.73. The molecule has 0 saturated heterocycles. The van der Waals surface area contributed by atoms with E-state index in [4.69, 9.17) is 9.47 Å². The van der Waals surface area contributed by atoms with E-state index in [1.165, 1.54) is 24.5 Å². The summed E-state index contributed by atoms with van der Waals surface area (Å²) in [6, 6.07) is 5.22. The SMILES string of the molecule is CCOc1cc([C@@H](CS(C)(=O)=O)N2Cc3csc(NC(C)=O)c3C2)ccc1OC. The number of hydrogen-bond donors (Lipinski definition) is 1. The number of ether oxygens (including phenoxy) is 2. The average molecular weight is 439 g/mol. The van der Waals surface area contributed by atoms with Crippen LogP contribution in [0.3, 0.4) is 0 Å². The Morgan fingerprint density at radius 1 is 1.31 bits per heavy atom. The minimum absolute atomic E-state index is 0.00589. The Hall–Kier alpha value is -2.10. The van der Waals surface area contributed by atoms with Crippen LogP contribution >= 0.6 is 11.3 Å². The Balaban J connectivity index is 1.94. The van der Waals surface area contributed by atoms with E-state index >= 15 is 0 Å². The Morgan fingerprint density at radius 2 is 2.07 bits per heavy atom. The van der Waals surface area contributed by atoms with E-state index < -0.39 is 9.84 Å². The van der Waals surface area contributed by atoms with Gasteiger partial charge in [0.25, 0.3) is 0 Å². The van der Waals surface area contributed by atoms with Crippen LogP contribution in [0.2, 0.25) is 0 Å². The molecule has 29 heavy (non-hydrogen) atoms. The summed E-state index contributed by atoms with van der Waals surface area (Å²) in [5.41, 5.74) is 3.03. The van der Waals surface area contributed by atoms with Crippen LogP contribution in [0.25, 0.3) is 0 Å². The molecule has 1 aliphatic rings. The van der Waals surface area contributed by atoms with E-state index in [0.717, 1.165) is 21.7 Å². The number of carbonyl (C=O) groups is 1. The maximum Gasteiger partial charge on any atom is 0.221 e. The molecule has 0 fully saturated rings. The van der Waals surface area contributed by atoms with E-state index in [0.29, 0.717) is 31.2 Å². The van der Waals surface area contributed by atoms with Crippen molar-refractivity contribution in [1.82, 2.24) is 4.90 Å². The maximum atomic E-state index is 12.2. The fourth-order valence-corrected chi connectivity index (χ4v) is 5.55. The van der Waals surface area contributed by atoms with Crippen LogP contribution in [0.5, 0.6) is 11.5 Å². The van der Waals surface area contributed by atoms with E-state index in [1.807, 2.05) is 30.5 Å². The van der Waals surface area contributed by atoms with Crippen LogP contribution in [0, 0.1) is 0 Å². The highest BCUT2D eigenvalue weighted by atomic mass is 32.2. The number of nitrogens with zero attached hydrogens (tertiary/aromatic N) is 1. The summed E-state index contributed by atoms with van der Waals surface area (Å²) >= 11 is 1.50. The molecule has 1 aromatic carbocycles. The number of thiophene rings is 1. The number of fused-ring (bicyclic) bond motifs is 1. The Bertz CT molecular complexity index is 1000. The minimum atomic E-state index is -3.23. The van der Waals surface area contributed by atoms with Crippen LogP contribution < -0.4 is 14.8 Å². The second-order valence-corrected chi connectivity index (χ2v) is 10.2. The van der Waals surface area contributed by atoms with Gasteiger partial charge in [-0.25, -0.2) is 8.42 Å². The van der Waals surface area contributed by atoms with Crippen molar-refractivity contribution >= 4 is 32.1 Å². The lowest BCUT2D eigenvalue weighted by molar-refractivity contribution is -0.114. The lowest BCUT2D eigenvalue weighted by Gasteiger charge is -2.28. The fraction of sp³-hybridized carbons (Fsp3) is 0.450. The molecule has 1 N–H and O–H groups in total. The lowest BCUT2D eigenvalue weighted by Crippen LogP contribution is -2.29. The van der Waals surface area contributed by atoms with Gasteiger partial charge in [0.15, 0.2) is 11.5 Å². The molecular weight excluding hydrogens is 412 g/mol. The molecule has 0 saturated carbocycles. The average Bonchev–Trinajstić information content (AvgIpc) is 3.21. The molecule has 3 rings (SSSR count). The summed E-state index contributed by atoms with van der Waals surface area (Å²) in [6.07, 6.45) is 1.25. The Morgan fingerprint density at radius 3 is 2.69 bits per heavy atom. The van der Waals surface area contributed by atoms with Gasteiger partial charge < -0.3 is 14.8 Å². The second kappa shape index (κ2) is 8.73. The summed E-state index contributed by atoms with van der Waals surface area (Å²) in [5.74, 6) is 1.09. The molecule has 1 aromatic heterocycles. The Kier molecular flexibility index (Phi) is 6.50. The van der Waals surface area contributed by atoms with Crippen molar-refractivity contribution in [1.29, 1.82) is 0 Å². The fourth-order valence-electron chi connectivity index (χ4n) is 3.56. The third kappa shape index (κ3) is 5.09. The molecule has 0 unspecified atom stereocenters. The van der Waals surface area contributed by atoms with Crippen LogP contribution in [0.1, 0.15) is 36.6 Å². The summed E-state index contributed by atoms with van der Waals surface area (Å²) < 4.78 is 35.4. The van der Waals surface area contributed by atoms with Gasteiger partial charge in [-0.3, -0.25) is 9.69 Å². The van der Waals surface area contributed by atoms with Crippen LogP contribution in [-0.2, 0) is 27.7 Å². The van der Waals surface area contributed by atoms with E-state index in [2.05, 4.69) is 10.2 Å². The number of anilines is 1. The summed E-state index contributed by atoms with van der Waals surface area (Å²) in [4.78, 5) is 13.6. The smallest absolute Gasteiger partial charge is 0.221 e. The molecule has 0 bridgehead atoms. The van der Waals surface area contributed by atoms with Crippen molar-refractivity contribution in [2.75, 3.05) is 31.0 Å². The summed E-state index contributed by atoms with van der Waals surface area (Å²) in [7, 11) is -1.65. The molecule has 2 aromatic rings. The summed E-state index contributed by atoms with van der Waals surface area (Å²) in [6.45, 7) is 5.06. The van der Waals surface area contributed by atoms with Crippen molar-refractivity contribution in [2.45, 2.75) is 33.0 Å². The number of nitrogens with one attached hydrogen (secondary N) is 1. The van der Waals surface area contributed by atoms with Gasteiger partial charge in [0.2, 0.25) is 5.91 Å². The predicted molar refractivity (Wildman–Crippen MR) is 114 cm³/mol. The van der Waals surface area contributed by atoms with Crippen LogP contribution in [0.15, 0.2) is 23.6 Å². The van der Waals surface area contributed by atoms with E-state index in [1.54, 1.807) is 7.11 Å². The molecule has 9 heteroatoms. The van der Waals surface area contributed by atoms with Gasteiger partial charge >= 0.3 is 0 Å². The molecule has 0 radical (unpaired) electrons.